The van der Waals surface area contributed by atoms with Crippen LogP contribution in [0.1, 0.15) is 22.3 Å². The van der Waals surface area contributed by atoms with Crippen molar-refractivity contribution in [2.75, 3.05) is 14.2 Å². The lowest BCUT2D eigenvalue weighted by Crippen LogP contribution is -1.93. The number of hydrogen-bond donors (Lipinski definition) is 2. The van der Waals surface area contributed by atoms with Crippen LogP contribution in [0.4, 0.5) is 0 Å². The van der Waals surface area contributed by atoms with E-state index >= 15 is 0 Å². The van der Waals surface area contributed by atoms with Gasteiger partial charge in [0.05, 0.1) is 14.2 Å². The number of methoxy groups -OCH3 is 2. The Hall–Kier alpha value is -2.88. The molecule has 0 aliphatic rings. The number of allylic oxidation sites excluding steroid dienone is 2. The van der Waals surface area contributed by atoms with Gasteiger partial charge in [0.15, 0.2) is 23.0 Å². The van der Waals surface area contributed by atoms with Crippen LogP contribution in [0.25, 0.3) is 0 Å². The molecular weight excluding hydrogens is 328 g/mol. The largest absolute Gasteiger partial charge is 0.504 e. The first kappa shape index (κ1) is 21.2. The minimum Gasteiger partial charge on any atom is -0.504 e. The molecule has 0 saturated heterocycles. The number of benzene rings is 2. The number of phenolic OH excluding ortho intramolecular Hbond substituents is 2. The summed E-state index contributed by atoms with van der Waals surface area (Å²) in [4.78, 5) is 0. The number of rotatable bonds is 6. The van der Waals surface area contributed by atoms with E-state index in [0.29, 0.717) is 11.5 Å². The van der Waals surface area contributed by atoms with Crippen LogP contribution in [0.3, 0.4) is 0 Å². The minimum atomic E-state index is 0.188. The third-order valence-electron chi connectivity index (χ3n) is 4.13. The second-order valence-corrected chi connectivity index (χ2v) is 5.79. The molecule has 0 fully saturated rings. The van der Waals surface area contributed by atoms with Crippen LogP contribution >= 0.6 is 0 Å². The van der Waals surface area contributed by atoms with Crippen LogP contribution in [-0.2, 0) is 12.8 Å². The Morgan fingerprint density at radius 3 is 1.38 bits per heavy atom. The van der Waals surface area contributed by atoms with Crippen LogP contribution in [0, 0.1) is 13.8 Å². The summed E-state index contributed by atoms with van der Waals surface area (Å²) in [5.41, 5.74) is 4.21. The van der Waals surface area contributed by atoms with Gasteiger partial charge in [0.25, 0.3) is 0 Å². The van der Waals surface area contributed by atoms with Gasteiger partial charge in [0, 0.05) is 0 Å². The van der Waals surface area contributed by atoms with Crippen molar-refractivity contribution < 1.29 is 19.7 Å². The smallest absolute Gasteiger partial charge is 0.163 e. The van der Waals surface area contributed by atoms with Crippen LogP contribution in [0.2, 0.25) is 0 Å². The third-order valence-corrected chi connectivity index (χ3v) is 4.13. The molecule has 2 N–H and O–H groups in total. The van der Waals surface area contributed by atoms with E-state index in [1.54, 1.807) is 26.4 Å². The number of hydrogen-bond acceptors (Lipinski definition) is 4. The fourth-order valence-electron chi connectivity index (χ4n) is 2.70. The van der Waals surface area contributed by atoms with Gasteiger partial charge in [-0.25, -0.2) is 0 Å². The first-order valence-corrected chi connectivity index (χ1v) is 8.33. The highest BCUT2D eigenvalue weighted by Gasteiger charge is 2.08. The molecule has 0 spiro atoms. The standard InChI is InChI=1S/2C11H14O2/c2*1-4-5-9-6-7-10(12)11(13-3)8(9)2/h2*4,6-7,12H,1,5H2,2-3H3. The number of phenols is 2. The predicted octanol–water partition coefficient (Wildman–Crippen LogP) is 4.88. The molecule has 0 aromatic heterocycles. The van der Waals surface area contributed by atoms with Crippen LogP contribution < -0.4 is 9.47 Å². The molecule has 0 saturated carbocycles. The molecule has 0 unspecified atom stereocenters. The molecule has 0 aliphatic heterocycles. The van der Waals surface area contributed by atoms with Gasteiger partial charge in [-0.2, -0.15) is 0 Å². The van der Waals surface area contributed by atoms with Gasteiger partial charge < -0.3 is 19.7 Å². The lowest BCUT2D eigenvalue weighted by Gasteiger charge is -2.10. The van der Waals surface area contributed by atoms with Gasteiger partial charge in [-0.15, -0.1) is 13.2 Å². The maximum Gasteiger partial charge on any atom is 0.163 e. The second-order valence-electron chi connectivity index (χ2n) is 5.79. The SMILES string of the molecule is C=CCc1ccc(O)c(OC)c1C.C=CCc1ccc(O)c(OC)c1C. The van der Waals surface area contributed by atoms with E-state index in [0.717, 1.165) is 35.1 Å². The highest BCUT2D eigenvalue weighted by atomic mass is 16.5. The Morgan fingerprint density at radius 2 is 1.12 bits per heavy atom. The molecule has 2 aromatic carbocycles. The molecule has 0 amide bonds. The van der Waals surface area contributed by atoms with Gasteiger partial charge in [-0.1, -0.05) is 24.3 Å². The molecule has 4 nitrogen and oxygen atoms in total. The van der Waals surface area contributed by atoms with Crippen molar-refractivity contribution in [1.29, 1.82) is 0 Å². The average molecular weight is 356 g/mol. The molecule has 2 aromatic rings. The molecule has 0 atom stereocenters. The zero-order valence-electron chi connectivity index (χ0n) is 16.0. The van der Waals surface area contributed by atoms with Crippen LogP contribution in [0.15, 0.2) is 49.6 Å². The summed E-state index contributed by atoms with van der Waals surface area (Å²) in [6.07, 6.45) is 5.25. The first-order chi connectivity index (χ1) is 12.4. The quantitative estimate of drug-likeness (QED) is 0.725. The molecule has 0 radical (unpaired) electrons. The van der Waals surface area contributed by atoms with Crippen molar-refractivity contribution >= 4 is 0 Å². The van der Waals surface area contributed by atoms with Crippen LogP contribution in [-0.4, -0.2) is 24.4 Å². The maximum absolute atomic E-state index is 9.43. The van der Waals surface area contributed by atoms with E-state index in [4.69, 9.17) is 9.47 Å². The Balaban J connectivity index is 0.000000260. The fourth-order valence-corrected chi connectivity index (χ4v) is 2.70. The number of aromatic hydroxyl groups is 2. The highest BCUT2D eigenvalue weighted by molar-refractivity contribution is 5.50. The monoisotopic (exact) mass is 356 g/mol. The van der Waals surface area contributed by atoms with E-state index < -0.39 is 0 Å². The lowest BCUT2D eigenvalue weighted by molar-refractivity contribution is 0.370. The van der Waals surface area contributed by atoms with E-state index in [1.165, 1.54) is 0 Å². The predicted molar refractivity (Wildman–Crippen MR) is 107 cm³/mol. The molecule has 26 heavy (non-hydrogen) atoms. The van der Waals surface area contributed by atoms with Gasteiger partial charge >= 0.3 is 0 Å². The van der Waals surface area contributed by atoms with Gasteiger partial charge in [-0.05, 0) is 61.1 Å². The van der Waals surface area contributed by atoms with Crippen molar-refractivity contribution in [3.8, 4) is 23.0 Å². The third kappa shape index (κ3) is 5.06. The average Bonchev–Trinajstić information content (AvgIpc) is 2.62. The van der Waals surface area contributed by atoms with E-state index in [2.05, 4.69) is 13.2 Å². The number of ether oxygens (including phenoxy) is 2. The molecule has 140 valence electrons. The summed E-state index contributed by atoms with van der Waals surface area (Å²) in [5, 5.41) is 18.9. The van der Waals surface area contributed by atoms with Gasteiger partial charge in [0.2, 0.25) is 0 Å². The highest BCUT2D eigenvalue weighted by Crippen LogP contribution is 2.32. The van der Waals surface area contributed by atoms with Crippen LogP contribution in [0.5, 0.6) is 23.0 Å². The summed E-state index contributed by atoms with van der Waals surface area (Å²) < 4.78 is 10.2. The summed E-state index contributed by atoms with van der Waals surface area (Å²) in [5.74, 6) is 1.49. The van der Waals surface area contributed by atoms with Crippen molar-refractivity contribution in [3.63, 3.8) is 0 Å². The van der Waals surface area contributed by atoms with Crippen molar-refractivity contribution in [2.45, 2.75) is 26.7 Å². The van der Waals surface area contributed by atoms with Gasteiger partial charge in [0.1, 0.15) is 0 Å². The summed E-state index contributed by atoms with van der Waals surface area (Å²) in [7, 11) is 3.11. The summed E-state index contributed by atoms with van der Waals surface area (Å²) >= 11 is 0. The minimum absolute atomic E-state index is 0.188. The Bertz CT molecular complexity index is 698. The van der Waals surface area contributed by atoms with E-state index in [-0.39, 0.29) is 11.5 Å². The maximum atomic E-state index is 9.43. The second kappa shape index (κ2) is 10.2. The lowest BCUT2D eigenvalue weighted by atomic mass is 10.0. The summed E-state index contributed by atoms with van der Waals surface area (Å²) in [6.45, 7) is 11.2. The Kier molecular flexibility index (Phi) is 8.29. The molecule has 0 aliphatic carbocycles. The van der Waals surface area contributed by atoms with Crippen molar-refractivity contribution in [1.82, 2.24) is 0 Å². The Morgan fingerprint density at radius 1 is 0.769 bits per heavy atom. The van der Waals surface area contributed by atoms with E-state index in [1.807, 2.05) is 38.1 Å². The molecule has 0 heterocycles. The fraction of sp³-hybridized carbons (Fsp3) is 0.273. The normalized spacial score (nSPS) is 9.69. The molecule has 2 rings (SSSR count). The zero-order chi connectivity index (χ0) is 19.7. The zero-order valence-corrected chi connectivity index (χ0v) is 16.0. The van der Waals surface area contributed by atoms with E-state index in [9.17, 15) is 10.2 Å². The van der Waals surface area contributed by atoms with Gasteiger partial charge in [-0.3, -0.25) is 0 Å². The summed E-state index contributed by atoms with van der Waals surface area (Å²) in [6, 6.07) is 7.05. The molecule has 4 heteroatoms. The molecular formula is C22H28O4. The van der Waals surface area contributed by atoms with Crippen molar-refractivity contribution in [3.05, 3.63) is 71.8 Å². The van der Waals surface area contributed by atoms with Crippen molar-refractivity contribution in [2.24, 2.45) is 0 Å². The first-order valence-electron chi connectivity index (χ1n) is 8.33. The topological polar surface area (TPSA) is 58.9 Å². The Labute approximate surface area is 156 Å². The molecule has 0 bridgehead atoms.